The number of aryl methyl sites for hydroxylation is 2. The van der Waals surface area contributed by atoms with E-state index in [0.29, 0.717) is 11.3 Å². The minimum absolute atomic E-state index is 0.0250. The van der Waals surface area contributed by atoms with E-state index in [2.05, 4.69) is 10.1 Å². The van der Waals surface area contributed by atoms with Crippen molar-refractivity contribution in [3.63, 3.8) is 0 Å². The normalized spacial score (nSPS) is 10.2. The molecule has 0 saturated heterocycles. The molecule has 17 heavy (non-hydrogen) atoms. The maximum atomic E-state index is 10.9. The number of hydrogen-bond donors (Lipinski definition) is 0. The Morgan fingerprint density at radius 1 is 1.53 bits per heavy atom. The summed E-state index contributed by atoms with van der Waals surface area (Å²) >= 11 is 0. The predicted molar refractivity (Wildman–Crippen MR) is 58.9 cm³/mol. The Bertz CT molecular complexity index is 564. The van der Waals surface area contributed by atoms with Crippen LogP contribution in [0.25, 0.3) is 0 Å². The van der Waals surface area contributed by atoms with Crippen molar-refractivity contribution in [2.24, 2.45) is 7.05 Å². The molecule has 2 rings (SSSR count). The van der Waals surface area contributed by atoms with Gasteiger partial charge in [-0.2, -0.15) is 5.10 Å². The summed E-state index contributed by atoms with van der Waals surface area (Å²) in [7, 11) is 1.73. The Balaban J connectivity index is 2.39. The summed E-state index contributed by atoms with van der Waals surface area (Å²) in [5, 5.41) is 14.8. The molecule has 7 heteroatoms. The molecule has 0 atom stereocenters. The standard InChI is InChI=1S/C10H10N4O3/c1-7-3-4-11-10(9(7)14(15)16)17-8-5-12-13(2)6-8/h3-6H,1-2H3. The highest BCUT2D eigenvalue weighted by Gasteiger charge is 2.20. The first-order valence-corrected chi connectivity index (χ1v) is 4.84. The molecular formula is C10H10N4O3. The monoisotopic (exact) mass is 234 g/mol. The van der Waals surface area contributed by atoms with Gasteiger partial charge in [0, 0.05) is 18.8 Å². The van der Waals surface area contributed by atoms with E-state index in [4.69, 9.17) is 4.74 Å². The summed E-state index contributed by atoms with van der Waals surface area (Å²) in [5.74, 6) is 0.386. The van der Waals surface area contributed by atoms with Gasteiger partial charge < -0.3 is 4.74 Å². The zero-order chi connectivity index (χ0) is 12.4. The average molecular weight is 234 g/mol. The smallest absolute Gasteiger partial charge is 0.334 e. The fourth-order valence-electron chi connectivity index (χ4n) is 1.39. The van der Waals surface area contributed by atoms with Crippen LogP contribution in [0.3, 0.4) is 0 Å². The molecular weight excluding hydrogens is 224 g/mol. The quantitative estimate of drug-likeness (QED) is 0.597. The summed E-state index contributed by atoms with van der Waals surface area (Å²) in [6.45, 7) is 1.63. The van der Waals surface area contributed by atoms with Gasteiger partial charge in [0.05, 0.1) is 17.3 Å². The summed E-state index contributed by atoms with van der Waals surface area (Å²) in [5.41, 5.74) is 0.375. The van der Waals surface area contributed by atoms with Gasteiger partial charge in [0.25, 0.3) is 5.88 Å². The molecule has 2 aromatic rings. The SMILES string of the molecule is Cc1ccnc(Oc2cnn(C)c2)c1[N+](=O)[O-]. The molecule has 0 N–H and O–H groups in total. The van der Waals surface area contributed by atoms with Crippen LogP contribution in [0.1, 0.15) is 5.56 Å². The molecule has 0 aliphatic carbocycles. The number of nitro groups is 1. The highest BCUT2D eigenvalue weighted by atomic mass is 16.6. The van der Waals surface area contributed by atoms with Crippen molar-refractivity contribution in [2.45, 2.75) is 6.92 Å². The lowest BCUT2D eigenvalue weighted by Gasteiger charge is -2.03. The lowest BCUT2D eigenvalue weighted by Crippen LogP contribution is -1.97. The Kier molecular flexibility index (Phi) is 2.73. The third-order valence-electron chi connectivity index (χ3n) is 2.17. The van der Waals surface area contributed by atoms with Gasteiger partial charge in [0.1, 0.15) is 0 Å². The lowest BCUT2D eigenvalue weighted by atomic mass is 10.2. The fourth-order valence-corrected chi connectivity index (χ4v) is 1.39. The molecule has 0 fully saturated rings. The van der Waals surface area contributed by atoms with Crippen LogP contribution in [-0.4, -0.2) is 19.7 Å². The molecule has 7 nitrogen and oxygen atoms in total. The highest BCUT2D eigenvalue weighted by molar-refractivity contribution is 5.48. The van der Waals surface area contributed by atoms with Gasteiger partial charge in [0.15, 0.2) is 5.75 Å². The number of aromatic nitrogens is 3. The molecule has 0 spiro atoms. The molecule has 2 aromatic heterocycles. The molecule has 0 bridgehead atoms. The number of rotatable bonds is 3. The van der Waals surface area contributed by atoms with Gasteiger partial charge in [-0.25, -0.2) is 4.98 Å². The summed E-state index contributed by atoms with van der Waals surface area (Å²) in [6, 6.07) is 1.56. The highest BCUT2D eigenvalue weighted by Crippen LogP contribution is 2.31. The fraction of sp³-hybridized carbons (Fsp3) is 0.200. The second kappa shape index (κ2) is 4.20. The van der Waals surface area contributed by atoms with Gasteiger partial charge >= 0.3 is 5.69 Å². The third-order valence-corrected chi connectivity index (χ3v) is 2.17. The first-order chi connectivity index (χ1) is 8.08. The van der Waals surface area contributed by atoms with Crippen molar-refractivity contribution >= 4 is 5.69 Å². The van der Waals surface area contributed by atoms with Crippen molar-refractivity contribution in [3.8, 4) is 11.6 Å². The Labute approximate surface area is 96.8 Å². The van der Waals surface area contributed by atoms with Gasteiger partial charge in [-0.3, -0.25) is 14.8 Å². The topological polar surface area (TPSA) is 83.1 Å². The second-order valence-electron chi connectivity index (χ2n) is 3.49. The number of ether oxygens (including phenoxy) is 1. The molecule has 2 heterocycles. The van der Waals surface area contributed by atoms with Crippen molar-refractivity contribution in [3.05, 3.63) is 40.3 Å². The maximum absolute atomic E-state index is 10.9. The van der Waals surface area contributed by atoms with E-state index >= 15 is 0 Å². The number of nitrogens with zero attached hydrogens (tertiary/aromatic N) is 4. The molecule has 88 valence electrons. The van der Waals surface area contributed by atoms with Gasteiger partial charge in [-0.05, 0) is 13.0 Å². The van der Waals surface area contributed by atoms with Crippen LogP contribution in [-0.2, 0) is 7.05 Å². The lowest BCUT2D eigenvalue weighted by molar-refractivity contribution is -0.386. The van der Waals surface area contributed by atoms with Gasteiger partial charge in [0.2, 0.25) is 0 Å². The zero-order valence-corrected chi connectivity index (χ0v) is 9.32. The van der Waals surface area contributed by atoms with E-state index in [-0.39, 0.29) is 11.6 Å². The van der Waals surface area contributed by atoms with Crippen molar-refractivity contribution in [2.75, 3.05) is 0 Å². The first kappa shape index (κ1) is 11.1. The molecule has 0 amide bonds. The molecule has 0 saturated carbocycles. The zero-order valence-electron chi connectivity index (χ0n) is 9.32. The summed E-state index contributed by atoms with van der Waals surface area (Å²) in [4.78, 5) is 14.3. The summed E-state index contributed by atoms with van der Waals surface area (Å²) in [6.07, 6.45) is 4.54. The van der Waals surface area contributed by atoms with Crippen molar-refractivity contribution in [1.29, 1.82) is 0 Å². The van der Waals surface area contributed by atoms with Gasteiger partial charge in [-0.15, -0.1) is 0 Å². The van der Waals surface area contributed by atoms with Crippen molar-refractivity contribution in [1.82, 2.24) is 14.8 Å². The van der Waals surface area contributed by atoms with Crippen LogP contribution >= 0.6 is 0 Å². The van der Waals surface area contributed by atoms with E-state index in [1.165, 1.54) is 17.1 Å². The molecule has 0 aliphatic heterocycles. The third kappa shape index (κ3) is 2.22. The minimum Gasteiger partial charge on any atom is -0.430 e. The van der Waals surface area contributed by atoms with Crippen LogP contribution in [0, 0.1) is 17.0 Å². The Morgan fingerprint density at radius 2 is 2.29 bits per heavy atom. The first-order valence-electron chi connectivity index (χ1n) is 4.84. The largest absolute Gasteiger partial charge is 0.430 e. The Hall–Kier alpha value is -2.44. The molecule has 0 aliphatic rings. The van der Waals surface area contributed by atoms with Crippen molar-refractivity contribution < 1.29 is 9.66 Å². The van der Waals surface area contributed by atoms with E-state index in [1.54, 1.807) is 26.2 Å². The van der Waals surface area contributed by atoms with E-state index in [1.807, 2.05) is 0 Å². The van der Waals surface area contributed by atoms with Gasteiger partial charge in [-0.1, -0.05) is 0 Å². The Morgan fingerprint density at radius 3 is 2.88 bits per heavy atom. The summed E-state index contributed by atoms with van der Waals surface area (Å²) < 4.78 is 6.87. The minimum atomic E-state index is -0.506. The predicted octanol–water partition coefficient (Wildman–Crippen LogP) is 1.82. The molecule has 0 unspecified atom stereocenters. The molecule has 0 radical (unpaired) electrons. The number of hydrogen-bond acceptors (Lipinski definition) is 5. The molecule has 0 aromatic carbocycles. The van der Waals surface area contributed by atoms with Crippen LogP contribution < -0.4 is 4.74 Å². The number of pyridine rings is 1. The van der Waals surface area contributed by atoms with E-state index in [9.17, 15) is 10.1 Å². The van der Waals surface area contributed by atoms with E-state index < -0.39 is 4.92 Å². The average Bonchev–Trinajstić information content (AvgIpc) is 2.63. The van der Waals surface area contributed by atoms with Crippen LogP contribution in [0.2, 0.25) is 0 Å². The maximum Gasteiger partial charge on any atom is 0.334 e. The van der Waals surface area contributed by atoms with Crippen LogP contribution in [0.5, 0.6) is 11.6 Å². The van der Waals surface area contributed by atoms with E-state index in [0.717, 1.165) is 0 Å². The van der Waals surface area contributed by atoms with Crippen LogP contribution in [0.4, 0.5) is 5.69 Å². The second-order valence-corrected chi connectivity index (χ2v) is 3.49. The van der Waals surface area contributed by atoms with Crippen LogP contribution in [0.15, 0.2) is 24.7 Å².